The van der Waals surface area contributed by atoms with Crippen molar-refractivity contribution in [3.05, 3.63) is 40.7 Å². The Morgan fingerprint density at radius 2 is 2.21 bits per heavy atom. The zero-order valence-electron chi connectivity index (χ0n) is 14.6. The molecule has 0 fully saturated rings. The number of esters is 1. The number of hydrogen-bond donors (Lipinski definition) is 1. The molecule has 1 N–H and O–H groups in total. The van der Waals surface area contributed by atoms with Crippen LogP contribution in [0.25, 0.3) is 0 Å². The molecule has 5 nitrogen and oxygen atoms in total. The van der Waals surface area contributed by atoms with Gasteiger partial charge in [-0.15, -0.1) is 0 Å². The minimum absolute atomic E-state index is 0.0522. The van der Waals surface area contributed by atoms with Crippen LogP contribution in [0.15, 0.2) is 29.5 Å². The van der Waals surface area contributed by atoms with E-state index in [9.17, 15) is 9.90 Å². The van der Waals surface area contributed by atoms with Crippen molar-refractivity contribution in [2.75, 3.05) is 33.4 Å². The van der Waals surface area contributed by atoms with Gasteiger partial charge in [-0.25, -0.2) is 4.79 Å². The van der Waals surface area contributed by atoms with E-state index in [1.807, 2.05) is 6.07 Å². The smallest absolute Gasteiger partial charge is 0.338 e. The summed E-state index contributed by atoms with van der Waals surface area (Å²) in [5.74, 6) is 0.647. The Morgan fingerprint density at radius 3 is 2.92 bits per heavy atom. The van der Waals surface area contributed by atoms with Crippen LogP contribution < -0.4 is 4.74 Å². The monoisotopic (exact) mass is 331 g/mol. The Bertz CT molecular complexity index is 682. The van der Waals surface area contributed by atoms with Gasteiger partial charge in [-0.05, 0) is 36.6 Å². The van der Waals surface area contributed by atoms with Crippen molar-refractivity contribution in [1.82, 2.24) is 4.90 Å². The van der Waals surface area contributed by atoms with Gasteiger partial charge in [-0.1, -0.05) is 13.0 Å². The molecule has 3 rings (SSSR count). The summed E-state index contributed by atoms with van der Waals surface area (Å²) in [4.78, 5) is 14.2. The summed E-state index contributed by atoms with van der Waals surface area (Å²) >= 11 is 0. The van der Waals surface area contributed by atoms with Crippen LogP contribution in [0.3, 0.4) is 0 Å². The van der Waals surface area contributed by atoms with Crippen molar-refractivity contribution in [3.8, 4) is 5.75 Å². The van der Waals surface area contributed by atoms with E-state index in [4.69, 9.17) is 9.47 Å². The van der Waals surface area contributed by atoms with Crippen LogP contribution in [0, 0.1) is 0 Å². The summed E-state index contributed by atoms with van der Waals surface area (Å²) in [5, 5.41) is 10.0. The maximum absolute atomic E-state index is 12.0. The Balaban J connectivity index is 1.72. The number of rotatable bonds is 5. The Kier molecular flexibility index (Phi) is 4.54. The van der Waals surface area contributed by atoms with Crippen molar-refractivity contribution in [3.63, 3.8) is 0 Å². The third-order valence-electron chi connectivity index (χ3n) is 5.04. The highest BCUT2D eigenvalue weighted by atomic mass is 16.5. The van der Waals surface area contributed by atoms with Gasteiger partial charge in [0.1, 0.15) is 11.5 Å². The molecule has 1 aromatic rings. The van der Waals surface area contributed by atoms with Gasteiger partial charge >= 0.3 is 5.97 Å². The van der Waals surface area contributed by atoms with Gasteiger partial charge in [-0.2, -0.15) is 0 Å². The van der Waals surface area contributed by atoms with E-state index in [-0.39, 0.29) is 11.2 Å². The zero-order valence-corrected chi connectivity index (χ0v) is 14.6. The summed E-state index contributed by atoms with van der Waals surface area (Å²) in [6.07, 6.45) is 1.52. The molecule has 2 aliphatic rings. The largest absolute Gasteiger partial charge is 0.512 e. The topological polar surface area (TPSA) is 59.0 Å². The molecule has 1 unspecified atom stereocenters. The van der Waals surface area contributed by atoms with Crippen LogP contribution in [0.1, 0.15) is 31.4 Å². The lowest BCUT2D eigenvalue weighted by molar-refractivity contribution is -0.139. The molecule has 130 valence electrons. The molecule has 0 radical (unpaired) electrons. The van der Waals surface area contributed by atoms with E-state index in [0.29, 0.717) is 25.1 Å². The van der Waals surface area contributed by atoms with Crippen molar-refractivity contribution in [1.29, 1.82) is 0 Å². The van der Waals surface area contributed by atoms with E-state index in [1.54, 1.807) is 14.0 Å². The van der Waals surface area contributed by atoms with Crippen LogP contribution in [0.2, 0.25) is 0 Å². The van der Waals surface area contributed by atoms with Gasteiger partial charge < -0.3 is 14.6 Å². The van der Waals surface area contributed by atoms with E-state index in [1.165, 1.54) is 11.1 Å². The third kappa shape index (κ3) is 3.00. The molecule has 0 amide bonds. The quantitative estimate of drug-likeness (QED) is 0.841. The van der Waals surface area contributed by atoms with Gasteiger partial charge in [0.15, 0.2) is 0 Å². The fraction of sp³-hybridized carbons (Fsp3) is 0.526. The third-order valence-corrected chi connectivity index (χ3v) is 5.04. The molecule has 0 spiro atoms. The zero-order chi connectivity index (χ0) is 17.3. The number of hydrogen-bond acceptors (Lipinski definition) is 5. The number of aliphatic hydroxyl groups excluding tert-OH is 1. The Morgan fingerprint density at radius 1 is 1.42 bits per heavy atom. The lowest BCUT2D eigenvalue weighted by Gasteiger charge is -2.45. The number of aliphatic hydroxyl groups is 1. The van der Waals surface area contributed by atoms with Crippen molar-refractivity contribution < 1.29 is 19.4 Å². The minimum Gasteiger partial charge on any atom is -0.512 e. The first-order valence-electron chi connectivity index (χ1n) is 8.44. The van der Waals surface area contributed by atoms with E-state index in [0.717, 1.165) is 25.3 Å². The van der Waals surface area contributed by atoms with Crippen LogP contribution in [-0.4, -0.2) is 49.3 Å². The van der Waals surface area contributed by atoms with Gasteiger partial charge in [-0.3, -0.25) is 4.90 Å². The maximum atomic E-state index is 12.0. The fourth-order valence-electron chi connectivity index (χ4n) is 3.79. The van der Waals surface area contributed by atoms with Crippen molar-refractivity contribution in [2.24, 2.45) is 0 Å². The SMILES string of the molecule is CCOC(=O)C1=C(O)CCN(CC2(C)Cc3ccc(OC)cc32)C1. The molecule has 1 heterocycles. The van der Waals surface area contributed by atoms with Gasteiger partial charge in [0.05, 0.1) is 19.3 Å². The molecule has 0 aromatic heterocycles. The van der Waals surface area contributed by atoms with E-state index < -0.39 is 5.97 Å². The van der Waals surface area contributed by atoms with Gasteiger partial charge in [0, 0.05) is 31.5 Å². The second-order valence-corrected chi connectivity index (χ2v) is 6.87. The Hall–Kier alpha value is -2.01. The first-order chi connectivity index (χ1) is 11.5. The number of methoxy groups -OCH3 is 1. The molecule has 5 heteroatoms. The molecule has 1 aromatic carbocycles. The predicted molar refractivity (Wildman–Crippen MR) is 91.4 cm³/mol. The molecular formula is C19H25NO4. The number of ether oxygens (including phenoxy) is 2. The second kappa shape index (κ2) is 6.48. The molecule has 1 aliphatic carbocycles. The summed E-state index contributed by atoms with van der Waals surface area (Å²) in [5.41, 5.74) is 3.13. The highest BCUT2D eigenvalue weighted by Gasteiger charge is 2.41. The first kappa shape index (κ1) is 16.8. The molecule has 0 saturated carbocycles. The van der Waals surface area contributed by atoms with Crippen molar-refractivity contribution >= 4 is 5.97 Å². The molecular weight excluding hydrogens is 306 g/mol. The van der Waals surface area contributed by atoms with Crippen molar-refractivity contribution in [2.45, 2.75) is 32.1 Å². The van der Waals surface area contributed by atoms with Crippen LogP contribution in [0.4, 0.5) is 0 Å². The number of carbonyl (C=O) groups excluding carboxylic acids is 1. The summed E-state index contributed by atoms with van der Waals surface area (Å²) < 4.78 is 10.4. The first-order valence-corrected chi connectivity index (χ1v) is 8.44. The lowest BCUT2D eigenvalue weighted by Crippen LogP contribution is -2.48. The predicted octanol–water partition coefficient (Wildman–Crippen LogP) is 2.59. The van der Waals surface area contributed by atoms with E-state index in [2.05, 4.69) is 24.0 Å². The molecule has 1 atom stereocenters. The Labute approximate surface area is 142 Å². The summed E-state index contributed by atoms with van der Waals surface area (Å²) in [6.45, 7) is 6.39. The van der Waals surface area contributed by atoms with Gasteiger partial charge in [0.25, 0.3) is 0 Å². The molecule has 1 aliphatic heterocycles. The highest BCUT2D eigenvalue weighted by molar-refractivity contribution is 5.89. The highest BCUT2D eigenvalue weighted by Crippen LogP contribution is 2.43. The number of nitrogens with zero attached hydrogens (tertiary/aromatic N) is 1. The standard InChI is InChI=1S/C19H25NO4/c1-4-24-18(22)15-11-20(8-7-17(15)21)12-19(2)10-13-5-6-14(23-3)9-16(13)19/h5-6,9,21H,4,7-8,10-12H2,1-3H3. The summed E-state index contributed by atoms with van der Waals surface area (Å²) in [7, 11) is 1.68. The normalized spacial score (nSPS) is 23.5. The minimum atomic E-state index is -0.402. The van der Waals surface area contributed by atoms with Crippen LogP contribution in [0.5, 0.6) is 5.75 Å². The van der Waals surface area contributed by atoms with Crippen LogP contribution in [-0.2, 0) is 21.4 Å². The average Bonchev–Trinajstić information content (AvgIpc) is 2.56. The molecule has 0 bridgehead atoms. The number of carbonyl (C=O) groups is 1. The average molecular weight is 331 g/mol. The van der Waals surface area contributed by atoms with Gasteiger partial charge in [0.2, 0.25) is 0 Å². The van der Waals surface area contributed by atoms with E-state index >= 15 is 0 Å². The lowest BCUT2D eigenvalue weighted by atomic mass is 9.65. The number of benzene rings is 1. The van der Waals surface area contributed by atoms with Crippen LogP contribution >= 0.6 is 0 Å². The fourth-order valence-corrected chi connectivity index (χ4v) is 3.79. The summed E-state index contributed by atoms with van der Waals surface area (Å²) in [6, 6.07) is 6.24. The second-order valence-electron chi connectivity index (χ2n) is 6.87. The molecule has 24 heavy (non-hydrogen) atoms. The maximum Gasteiger partial charge on any atom is 0.338 e. The molecule has 0 saturated heterocycles. The number of fused-ring (bicyclic) bond motifs is 1.